The zero-order chi connectivity index (χ0) is 38.3. The van der Waals surface area contributed by atoms with Gasteiger partial charge in [-0.3, -0.25) is 39.2 Å². The van der Waals surface area contributed by atoms with Gasteiger partial charge in [0.2, 0.25) is 11.8 Å². The minimum absolute atomic E-state index is 0.0954. The molecule has 0 radical (unpaired) electrons. The van der Waals surface area contributed by atoms with Crippen LogP contribution >= 0.6 is 0 Å². The SMILES string of the molecule is COC1(CN2C[C@@H]3[C@@H](CN4CCN5c6cc(-c7ccccc7O)nnc6NC[C@H]5C4)[C@@H]3C2)CCN(c2ccc3c(c2)C(=O)N(C2CCC(=O)NC2=O)C3=O)CC1. The number of aromatic hydroxyl groups is 1. The van der Waals surface area contributed by atoms with Gasteiger partial charge in [0.1, 0.15) is 11.8 Å². The molecule has 1 saturated carbocycles. The van der Waals surface area contributed by atoms with Gasteiger partial charge >= 0.3 is 0 Å². The van der Waals surface area contributed by atoms with Crippen molar-refractivity contribution in [3.63, 3.8) is 0 Å². The fourth-order valence-corrected chi connectivity index (χ4v) is 10.4. The van der Waals surface area contributed by atoms with Gasteiger partial charge in [-0.1, -0.05) is 12.1 Å². The van der Waals surface area contributed by atoms with Crippen LogP contribution in [0.2, 0.25) is 0 Å². The number of methoxy groups -OCH3 is 1. The Kier molecular flexibility index (Phi) is 8.52. The molecule has 7 heterocycles. The van der Waals surface area contributed by atoms with Gasteiger partial charge < -0.3 is 25.0 Å². The zero-order valence-corrected chi connectivity index (χ0v) is 31.5. The maximum Gasteiger partial charge on any atom is 0.262 e. The molecule has 10 rings (SSSR count). The number of carbonyl (C=O) groups is 4. The van der Waals surface area contributed by atoms with Crippen LogP contribution in [-0.2, 0) is 14.3 Å². The molecule has 2 aromatic carbocycles. The Morgan fingerprint density at radius 2 is 1.66 bits per heavy atom. The number of fused-ring (bicyclic) bond motifs is 5. The zero-order valence-electron chi connectivity index (χ0n) is 31.5. The van der Waals surface area contributed by atoms with Gasteiger partial charge in [-0.25, -0.2) is 0 Å². The lowest BCUT2D eigenvalue weighted by molar-refractivity contribution is -0.136. The third-order valence-electron chi connectivity index (χ3n) is 13.7. The highest BCUT2D eigenvalue weighted by Gasteiger charge is 2.57. The Balaban J connectivity index is 0.713. The van der Waals surface area contributed by atoms with E-state index < -0.39 is 23.8 Å². The average Bonchev–Trinajstić information content (AvgIpc) is 3.51. The van der Waals surface area contributed by atoms with E-state index in [9.17, 15) is 24.3 Å². The Bertz CT molecular complexity index is 2110. The summed E-state index contributed by atoms with van der Waals surface area (Å²) in [6.45, 7) is 9.61. The van der Waals surface area contributed by atoms with E-state index in [0.29, 0.717) is 28.4 Å². The van der Waals surface area contributed by atoms with Gasteiger partial charge in [-0.05, 0) is 73.4 Å². The fraction of sp³-hybridized carbons (Fsp3) is 0.512. The number of piperidine rings is 3. The summed E-state index contributed by atoms with van der Waals surface area (Å²) < 4.78 is 6.27. The van der Waals surface area contributed by atoms with Crippen molar-refractivity contribution < 1.29 is 29.0 Å². The molecule has 4 saturated heterocycles. The van der Waals surface area contributed by atoms with Crippen molar-refractivity contribution in [3.8, 4) is 17.0 Å². The number of benzene rings is 2. The predicted octanol–water partition coefficient (Wildman–Crippen LogP) is 2.03. The largest absolute Gasteiger partial charge is 0.507 e. The Morgan fingerprint density at radius 1 is 0.875 bits per heavy atom. The first-order valence-corrected chi connectivity index (χ1v) is 20.0. The fourth-order valence-electron chi connectivity index (χ4n) is 10.4. The number of likely N-dealkylation sites (tertiary alicyclic amines) is 1. The lowest BCUT2D eigenvalue weighted by Gasteiger charge is -2.46. The van der Waals surface area contributed by atoms with E-state index in [1.165, 1.54) is 0 Å². The summed E-state index contributed by atoms with van der Waals surface area (Å²) in [5.41, 5.74) is 3.68. The van der Waals surface area contributed by atoms with E-state index >= 15 is 0 Å². The molecule has 3 aromatic rings. The number of anilines is 3. The number of hydrogen-bond donors (Lipinski definition) is 3. The number of phenols is 1. The Morgan fingerprint density at radius 3 is 2.43 bits per heavy atom. The van der Waals surface area contributed by atoms with E-state index in [1.807, 2.05) is 31.4 Å². The highest BCUT2D eigenvalue weighted by atomic mass is 16.5. The normalized spacial score (nSPS) is 28.4. The molecule has 1 aromatic heterocycles. The van der Waals surface area contributed by atoms with Crippen molar-refractivity contribution in [1.82, 2.24) is 30.2 Å². The lowest BCUT2D eigenvalue weighted by atomic mass is 9.89. The molecule has 56 heavy (non-hydrogen) atoms. The molecule has 0 spiro atoms. The van der Waals surface area contributed by atoms with Gasteiger partial charge in [0.05, 0.1) is 34.2 Å². The number of imide groups is 2. The van der Waals surface area contributed by atoms with Crippen LogP contribution in [0.1, 0.15) is 46.4 Å². The molecule has 1 unspecified atom stereocenters. The number of ether oxygens (including phenoxy) is 1. The summed E-state index contributed by atoms with van der Waals surface area (Å²) in [6, 6.07) is 14.1. The number of hydrogen-bond acceptors (Lipinski definition) is 13. The number of carbonyl (C=O) groups excluding carboxylic acids is 4. The third kappa shape index (κ3) is 5.98. The van der Waals surface area contributed by atoms with Crippen LogP contribution < -0.4 is 20.4 Å². The first kappa shape index (κ1) is 35.3. The average molecular weight is 762 g/mol. The van der Waals surface area contributed by atoms with E-state index in [-0.39, 0.29) is 30.1 Å². The van der Waals surface area contributed by atoms with Crippen molar-refractivity contribution >= 4 is 40.8 Å². The molecule has 7 aliphatic rings. The molecule has 6 aliphatic heterocycles. The first-order chi connectivity index (χ1) is 27.2. The van der Waals surface area contributed by atoms with Gasteiger partial charge in [-0.2, -0.15) is 0 Å². The monoisotopic (exact) mass is 761 g/mol. The van der Waals surface area contributed by atoms with Crippen LogP contribution in [0.5, 0.6) is 5.75 Å². The van der Waals surface area contributed by atoms with E-state index in [1.54, 1.807) is 18.2 Å². The van der Waals surface area contributed by atoms with Crippen LogP contribution in [0, 0.1) is 17.8 Å². The number of rotatable bonds is 8. The van der Waals surface area contributed by atoms with Crippen LogP contribution in [0.15, 0.2) is 48.5 Å². The summed E-state index contributed by atoms with van der Waals surface area (Å²) in [7, 11) is 1.83. The van der Waals surface area contributed by atoms with Gasteiger partial charge in [0.25, 0.3) is 11.8 Å². The standard InChI is InChI=1S/C41H47N9O6/c1-56-41(10-12-48(13-11-41)24-6-7-26-28(16-24)40(55)50(39(26)54)33-8-9-36(52)43-38(33)53)23-47-21-30-29(31(30)22-47)20-46-14-15-49-25(19-46)18-42-37-34(49)17-32(44-45-37)27-4-2-3-5-35(27)51/h2-7,16-17,25,29-31,33,51H,8-15,18-23H2,1H3,(H,42,45)(H,43,52,53)/t25-,29-,30-,31+,33?/m0/s1. The second kappa shape index (κ2) is 13.5. The summed E-state index contributed by atoms with van der Waals surface area (Å²) in [6.07, 6.45) is 1.94. The maximum atomic E-state index is 13.4. The topological polar surface area (TPSA) is 164 Å². The number of piperazine rings is 1. The molecule has 0 bridgehead atoms. The predicted molar refractivity (Wildman–Crippen MR) is 206 cm³/mol. The molecule has 5 fully saturated rings. The van der Waals surface area contributed by atoms with Crippen LogP contribution in [-0.4, -0.2) is 144 Å². The van der Waals surface area contributed by atoms with E-state index in [4.69, 9.17) is 4.74 Å². The maximum absolute atomic E-state index is 13.4. The van der Waals surface area contributed by atoms with Crippen molar-refractivity contribution in [2.45, 2.75) is 43.4 Å². The summed E-state index contributed by atoms with van der Waals surface area (Å²) in [5.74, 6) is 1.26. The minimum Gasteiger partial charge on any atom is -0.507 e. The number of phenolic OH excluding ortho intramolecular Hbond substituents is 1. The number of nitrogens with zero attached hydrogens (tertiary/aromatic N) is 7. The van der Waals surface area contributed by atoms with Crippen molar-refractivity contribution in [2.75, 3.05) is 87.7 Å². The Hall–Kier alpha value is -5.12. The van der Waals surface area contributed by atoms with E-state index in [2.05, 4.69) is 46.5 Å². The second-order valence-corrected chi connectivity index (χ2v) is 16.7. The van der Waals surface area contributed by atoms with E-state index in [0.717, 1.165) is 118 Å². The van der Waals surface area contributed by atoms with Gasteiger partial charge in [-0.15, -0.1) is 10.2 Å². The molecular weight excluding hydrogens is 715 g/mol. The summed E-state index contributed by atoms with van der Waals surface area (Å²) in [5, 5.41) is 25.0. The molecule has 15 nitrogen and oxygen atoms in total. The van der Waals surface area contributed by atoms with Crippen LogP contribution in [0.3, 0.4) is 0 Å². The third-order valence-corrected chi connectivity index (χ3v) is 13.7. The number of aromatic nitrogens is 2. The molecule has 5 atom stereocenters. The minimum atomic E-state index is -0.972. The second-order valence-electron chi connectivity index (χ2n) is 16.7. The number of nitrogens with one attached hydrogen (secondary N) is 2. The molecular formula is C41H47N9O6. The van der Waals surface area contributed by atoms with Crippen LogP contribution in [0.25, 0.3) is 11.3 Å². The summed E-state index contributed by atoms with van der Waals surface area (Å²) in [4.78, 5) is 61.7. The quantitative estimate of drug-likeness (QED) is 0.286. The van der Waals surface area contributed by atoms with Crippen molar-refractivity contribution in [1.29, 1.82) is 0 Å². The highest BCUT2D eigenvalue weighted by molar-refractivity contribution is 6.23. The first-order valence-electron chi connectivity index (χ1n) is 20.0. The molecule has 4 amide bonds. The molecule has 3 N–H and O–H groups in total. The van der Waals surface area contributed by atoms with Crippen molar-refractivity contribution in [3.05, 3.63) is 59.7 Å². The van der Waals surface area contributed by atoms with Gasteiger partial charge in [0.15, 0.2) is 5.82 Å². The van der Waals surface area contributed by atoms with Crippen molar-refractivity contribution in [2.24, 2.45) is 17.8 Å². The Labute approximate surface area is 324 Å². The smallest absolute Gasteiger partial charge is 0.262 e. The highest BCUT2D eigenvalue weighted by Crippen LogP contribution is 2.53. The molecule has 292 valence electrons. The molecule has 15 heteroatoms. The number of para-hydroxylation sites is 1. The molecule has 1 aliphatic carbocycles. The van der Waals surface area contributed by atoms with Gasteiger partial charge in [0, 0.05) is 90.2 Å². The van der Waals surface area contributed by atoms with Crippen LogP contribution in [0.4, 0.5) is 17.2 Å². The lowest BCUT2D eigenvalue weighted by Crippen LogP contribution is -2.58. The number of amides is 4. The summed E-state index contributed by atoms with van der Waals surface area (Å²) >= 11 is 0.